The van der Waals surface area contributed by atoms with Crippen LogP contribution in [0.15, 0.2) is 24.3 Å². The topological polar surface area (TPSA) is 97.0 Å². The van der Waals surface area contributed by atoms with Crippen LogP contribution in [0, 0.1) is 6.92 Å². The number of nitrogens with one attached hydrogen (secondary N) is 2. The molecule has 8 heteroatoms. The molecule has 1 saturated heterocycles. The van der Waals surface area contributed by atoms with Crippen molar-refractivity contribution < 1.29 is 24.0 Å². The third kappa shape index (κ3) is 5.03. The molecule has 1 aromatic rings. The summed E-state index contributed by atoms with van der Waals surface area (Å²) >= 11 is 0. The Balaban J connectivity index is 2.06. The number of ether oxygens (including phenoxy) is 1. The Hall–Kier alpha value is -2.45. The smallest absolute Gasteiger partial charge is 0.276 e. The van der Waals surface area contributed by atoms with Gasteiger partial charge in [-0.15, -0.1) is 0 Å². The maximum atomic E-state index is 12.6. The SMILES string of the molecule is CNC(=O)[C@@H](C(=O)NOC1CCCCO1)N(C)C(=O)c1ccc(C)cc1. The van der Waals surface area contributed by atoms with Crippen molar-refractivity contribution in [2.45, 2.75) is 38.5 Å². The van der Waals surface area contributed by atoms with E-state index < -0.39 is 30.1 Å². The summed E-state index contributed by atoms with van der Waals surface area (Å²) in [7, 11) is 2.80. The van der Waals surface area contributed by atoms with Gasteiger partial charge in [0, 0.05) is 32.7 Å². The molecule has 1 aliphatic rings. The molecule has 0 bridgehead atoms. The van der Waals surface area contributed by atoms with Crippen molar-refractivity contribution in [3.63, 3.8) is 0 Å². The Labute approximate surface area is 152 Å². The van der Waals surface area contributed by atoms with Gasteiger partial charge in [-0.05, 0) is 31.9 Å². The van der Waals surface area contributed by atoms with E-state index in [-0.39, 0.29) is 0 Å². The average molecular weight is 363 g/mol. The first-order chi connectivity index (χ1) is 12.4. The minimum Gasteiger partial charge on any atom is -0.357 e. The molecule has 1 aromatic carbocycles. The van der Waals surface area contributed by atoms with Crippen molar-refractivity contribution in [1.82, 2.24) is 15.7 Å². The standard InChI is InChI=1S/C18H25N3O5/c1-12-7-9-13(10-8-12)18(24)21(3)15(16(22)19-2)17(23)20-26-14-6-4-5-11-25-14/h7-10,14-15H,4-6,11H2,1-3H3,(H,19,22)(H,20,23)/t14?,15-/m0/s1. The van der Waals surface area contributed by atoms with Gasteiger partial charge in [-0.1, -0.05) is 17.7 Å². The van der Waals surface area contributed by atoms with E-state index in [1.807, 2.05) is 6.92 Å². The number of hydrogen-bond donors (Lipinski definition) is 2. The highest BCUT2D eigenvalue weighted by molar-refractivity contribution is 6.08. The van der Waals surface area contributed by atoms with Crippen LogP contribution in [0.1, 0.15) is 35.2 Å². The number of hydrogen-bond acceptors (Lipinski definition) is 5. The van der Waals surface area contributed by atoms with Crippen molar-refractivity contribution in [1.29, 1.82) is 0 Å². The van der Waals surface area contributed by atoms with Crippen LogP contribution in [-0.4, -0.2) is 55.7 Å². The van der Waals surface area contributed by atoms with Gasteiger partial charge in [0.15, 0.2) is 12.3 Å². The summed E-state index contributed by atoms with van der Waals surface area (Å²) in [5.74, 6) is -1.79. The Morgan fingerprint density at radius 2 is 1.88 bits per heavy atom. The number of aryl methyl sites for hydroxylation is 1. The fourth-order valence-electron chi connectivity index (χ4n) is 2.61. The van der Waals surface area contributed by atoms with Gasteiger partial charge in [-0.3, -0.25) is 14.4 Å². The highest BCUT2D eigenvalue weighted by Gasteiger charge is 2.34. The predicted octanol–water partition coefficient (Wildman–Crippen LogP) is 0.756. The molecule has 26 heavy (non-hydrogen) atoms. The van der Waals surface area contributed by atoms with E-state index in [4.69, 9.17) is 9.57 Å². The lowest BCUT2D eigenvalue weighted by Crippen LogP contribution is -2.55. The molecule has 2 atom stereocenters. The summed E-state index contributed by atoms with van der Waals surface area (Å²) in [6, 6.07) is 5.52. The number of carbonyl (C=O) groups excluding carboxylic acids is 3. The molecule has 1 heterocycles. The van der Waals surface area contributed by atoms with Gasteiger partial charge in [0.1, 0.15) is 0 Å². The number of likely N-dealkylation sites (N-methyl/N-ethyl adjacent to an activating group) is 2. The minimum atomic E-state index is -1.36. The zero-order valence-corrected chi connectivity index (χ0v) is 15.3. The molecule has 1 aliphatic heterocycles. The first-order valence-corrected chi connectivity index (χ1v) is 8.56. The van der Waals surface area contributed by atoms with Gasteiger partial charge in [-0.25, -0.2) is 10.3 Å². The number of rotatable bonds is 6. The number of carbonyl (C=O) groups is 3. The highest BCUT2D eigenvalue weighted by atomic mass is 16.8. The number of nitrogens with zero attached hydrogens (tertiary/aromatic N) is 1. The van der Waals surface area contributed by atoms with Gasteiger partial charge < -0.3 is 15.0 Å². The molecule has 0 aliphatic carbocycles. The van der Waals surface area contributed by atoms with E-state index in [0.717, 1.165) is 23.3 Å². The maximum absolute atomic E-state index is 12.6. The van der Waals surface area contributed by atoms with Crippen LogP contribution >= 0.6 is 0 Å². The van der Waals surface area contributed by atoms with Crippen molar-refractivity contribution in [3.8, 4) is 0 Å². The second kappa shape index (κ2) is 9.30. The highest BCUT2D eigenvalue weighted by Crippen LogP contribution is 2.13. The van der Waals surface area contributed by atoms with Crippen LogP contribution in [-0.2, 0) is 19.2 Å². The number of hydroxylamine groups is 1. The summed E-state index contributed by atoms with van der Waals surface area (Å²) in [6.07, 6.45) is 1.99. The lowest BCUT2D eigenvalue weighted by molar-refractivity contribution is -0.202. The summed E-state index contributed by atoms with van der Waals surface area (Å²) in [5.41, 5.74) is 3.64. The first-order valence-electron chi connectivity index (χ1n) is 8.56. The zero-order valence-electron chi connectivity index (χ0n) is 15.3. The molecule has 3 amide bonds. The summed E-state index contributed by atoms with van der Waals surface area (Å²) in [6.45, 7) is 2.47. The van der Waals surface area contributed by atoms with E-state index in [0.29, 0.717) is 18.6 Å². The average Bonchev–Trinajstić information content (AvgIpc) is 2.67. The molecule has 142 valence electrons. The van der Waals surface area contributed by atoms with Crippen LogP contribution in [0.2, 0.25) is 0 Å². The van der Waals surface area contributed by atoms with Crippen LogP contribution in [0.25, 0.3) is 0 Å². The summed E-state index contributed by atoms with van der Waals surface area (Å²) in [5, 5.41) is 2.40. The molecule has 0 aromatic heterocycles. The Kier molecular flexibility index (Phi) is 7.11. The van der Waals surface area contributed by atoms with Crippen LogP contribution in [0.5, 0.6) is 0 Å². The Morgan fingerprint density at radius 1 is 1.19 bits per heavy atom. The number of amides is 3. The van der Waals surface area contributed by atoms with Crippen molar-refractivity contribution in [2.75, 3.05) is 20.7 Å². The Morgan fingerprint density at radius 3 is 2.46 bits per heavy atom. The van der Waals surface area contributed by atoms with E-state index in [1.54, 1.807) is 24.3 Å². The molecular formula is C18H25N3O5. The van der Waals surface area contributed by atoms with E-state index in [2.05, 4.69) is 10.8 Å². The Bertz CT molecular complexity index is 641. The van der Waals surface area contributed by atoms with Crippen molar-refractivity contribution in [2.24, 2.45) is 0 Å². The van der Waals surface area contributed by atoms with Gasteiger partial charge in [-0.2, -0.15) is 0 Å². The lowest BCUT2D eigenvalue weighted by atomic mass is 10.1. The van der Waals surface area contributed by atoms with Crippen LogP contribution in [0.3, 0.4) is 0 Å². The maximum Gasteiger partial charge on any atom is 0.276 e. The van der Waals surface area contributed by atoms with E-state index >= 15 is 0 Å². The third-order valence-electron chi connectivity index (χ3n) is 4.18. The lowest BCUT2D eigenvalue weighted by Gasteiger charge is -2.27. The fourth-order valence-corrected chi connectivity index (χ4v) is 2.61. The molecule has 0 saturated carbocycles. The minimum absolute atomic E-state index is 0.385. The summed E-state index contributed by atoms with van der Waals surface area (Å²) < 4.78 is 5.37. The van der Waals surface area contributed by atoms with E-state index in [9.17, 15) is 14.4 Å². The van der Waals surface area contributed by atoms with Gasteiger partial charge >= 0.3 is 0 Å². The largest absolute Gasteiger partial charge is 0.357 e. The van der Waals surface area contributed by atoms with Crippen LogP contribution in [0.4, 0.5) is 0 Å². The number of benzene rings is 1. The molecule has 1 unspecified atom stereocenters. The molecule has 0 radical (unpaired) electrons. The monoisotopic (exact) mass is 363 g/mol. The second-order valence-corrected chi connectivity index (χ2v) is 6.18. The van der Waals surface area contributed by atoms with Gasteiger partial charge in [0.2, 0.25) is 0 Å². The van der Waals surface area contributed by atoms with E-state index in [1.165, 1.54) is 14.1 Å². The molecule has 8 nitrogen and oxygen atoms in total. The van der Waals surface area contributed by atoms with Crippen molar-refractivity contribution >= 4 is 17.7 Å². The van der Waals surface area contributed by atoms with Gasteiger partial charge in [0.05, 0.1) is 0 Å². The van der Waals surface area contributed by atoms with Gasteiger partial charge in [0.25, 0.3) is 17.7 Å². The quantitative estimate of drug-likeness (QED) is 0.574. The zero-order chi connectivity index (χ0) is 19.1. The molecule has 0 spiro atoms. The van der Waals surface area contributed by atoms with Crippen molar-refractivity contribution in [3.05, 3.63) is 35.4 Å². The molecular weight excluding hydrogens is 338 g/mol. The fraction of sp³-hybridized carbons (Fsp3) is 0.500. The predicted molar refractivity (Wildman–Crippen MR) is 93.9 cm³/mol. The second-order valence-electron chi connectivity index (χ2n) is 6.18. The molecule has 1 fully saturated rings. The summed E-state index contributed by atoms with van der Waals surface area (Å²) in [4.78, 5) is 43.6. The molecule has 2 N–H and O–H groups in total. The van der Waals surface area contributed by atoms with Crippen LogP contribution < -0.4 is 10.8 Å². The normalized spacial score (nSPS) is 17.9. The third-order valence-corrected chi connectivity index (χ3v) is 4.18. The first kappa shape index (κ1) is 19.9. The molecule has 2 rings (SSSR count).